The molecule has 8 heteroatoms. The molecule has 0 bridgehead atoms. The van der Waals surface area contributed by atoms with Crippen molar-refractivity contribution in [1.29, 1.82) is 0 Å². The predicted molar refractivity (Wildman–Crippen MR) is 114 cm³/mol. The Balaban J connectivity index is 1.88. The standard InChI is InChI=1S/C20H14Cl2N2O3S/c1-2-6-24-19(26)17(18(25)23-20(24)28)8-12-4-3-5-15(7-12)27-16-10-13(21)9-14(22)11-16/h2-5,7-11H,1,6H2,(H,23,25,28)/b17-8+. The zero-order valence-electron chi connectivity index (χ0n) is 14.4. The molecular formula is C20H14Cl2N2O3S. The van der Waals surface area contributed by atoms with Crippen LogP contribution in [0.1, 0.15) is 5.56 Å². The van der Waals surface area contributed by atoms with Gasteiger partial charge in [-0.25, -0.2) is 0 Å². The minimum Gasteiger partial charge on any atom is -0.457 e. The van der Waals surface area contributed by atoms with Gasteiger partial charge in [-0.1, -0.05) is 41.4 Å². The predicted octanol–water partition coefficient (Wildman–Crippen LogP) is 4.60. The summed E-state index contributed by atoms with van der Waals surface area (Å²) in [5.74, 6) is -0.0732. The monoisotopic (exact) mass is 432 g/mol. The first-order chi connectivity index (χ1) is 13.4. The average molecular weight is 433 g/mol. The lowest BCUT2D eigenvalue weighted by atomic mass is 10.1. The molecule has 2 amide bonds. The molecule has 0 aliphatic carbocycles. The quantitative estimate of drug-likeness (QED) is 0.324. The van der Waals surface area contributed by atoms with Gasteiger partial charge in [0.15, 0.2) is 5.11 Å². The molecule has 1 aliphatic heterocycles. The number of halogens is 2. The number of amides is 2. The minimum absolute atomic E-state index is 0.0293. The van der Waals surface area contributed by atoms with Crippen molar-refractivity contribution in [3.8, 4) is 11.5 Å². The van der Waals surface area contributed by atoms with E-state index >= 15 is 0 Å². The molecule has 142 valence electrons. The lowest BCUT2D eigenvalue weighted by molar-refractivity contribution is -0.128. The molecule has 0 atom stereocenters. The molecule has 1 heterocycles. The van der Waals surface area contributed by atoms with Gasteiger partial charge in [-0.05, 0) is 54.2 Å². The highest BCUT2D eigenvalue weighted by Crippen LogP contribution is 2.29. The Kier molecular flexibility index (Phi) is 6.14. The van der Waals surface area contributed by atoms with Crippen LogP contribution in [0.15, 0.2) is 60.7 Å². The lowest BCUT2D eigenvalue weighted by Gasteiger charge is -2.27. The molecule has 0 aromatic heterocycles. The maximum absolute atomic E-state index is 12.6. The molecule has 0 saturated carbocycles. The number of carbonyl (C=O) groups is 2. The molecule has 2 aromatic rings. The first-order valence-corrected chi connectivity index (χ1v) is 9.27. The van der Waals surface area contributed by atoms with Gasteiger partial charge >= 0.3 is 0 Å². The fourth-order valence-corrected chi connectivity index (χ4v) is 3.30. The summed E-state index contributed by atoms with van der Waals surface area (Å²) in [4.78, 5) is 26.1. The molecule has 28 heavy (non-hydrogen) atoms. The molecule has 1 aliphatic rings. The molecule has 1 saturated heterocycles. The lowest BCUT2D eigenvalue weighted by Crippen LogP contribution is -2.53. The van der Waals surface area contributed by atoms with Gasteiger partial charge in [0.25, 0.3) is 11.8 Å². The third kappa shape index (κ3) is 4.59. The number of carbonyl (C=O) groups excluding carboxylic acids is 2. The van der Waals surface area contributed by atoms with Crippen molar-refractivity contribution >= 4 is 58.4 Å². The summed E-state index contributed by atoms with van der Waals surface area (Å²) >= 11 is 17.0. The Morgan fingerprint density at radius 1 is 1.11 bits per heavy atom. The van der Waals surface area contributed by atoms with E-state index in [1.54, 1.807) is 42.5 Å². The maximum Gasteiger partial charge on any atom is 0.265 e. The van der Waals surface area contributed by atoms with Crippen LogP contribution in [0.4, 0.5) is 0 Å². The van der Waals surface area contributed by atoms with E-state index in [2.05, 4.69) is 11.9 Å². The fraction of sp³-hybridized carbons (Fsp3) is 0.0500. The van der Waals surface area contributed by atoms with E-state index in [0.29, 0.717) is 27.1 Å². The molecule has 0 spiro atoms. The van der Waals surface area contributed by atoms with E-state index in [-0.39, 0.29) is 17.2 Å². The van der Waals surface area contributed by atoms with Crippen LogP contribution in [0.2, 0.25) is 10.0 Å². The highest BCUT2D eigenvalue weighted by molar-refractivity contribution is 7.80. The molecule has 0 radical (unpaired) electrons. The number of hydrogen-bond donors (Lipinski definition) is 1. The Labute approximate surface area is 177 Å². The first kappa shape index (κ1) is 20.1. The van der Waals surface area contributed by atoms with E-state index in [9.17, 15) is 9.59 Å². The summed E-state index contributed by atoms with van der Waals surface area (Å²) in [6, 6.07) is 11.8. The van der Waals surface area contributed by atoms with Crippen LogP contribution in [0.25, 0.3) is 6.08 Å². The van der Waals surface area contributed by atoms with Crippen molar-refractivity contribution in [1.82, 2.24) is 10.2 Å². The highest BCUT2D eigenvalue weighted by Gasteiger charge is 2.32. The Morgan fingerprint density at radius 2 is 1.82 bits per heavy atom. The van der Waals surface area contributed by atoms with Crippen molar-refractivity contribution in [3.63, 3.8) is 0 Å². The third-order valence-electron chi connectivity index (χ3n) is 3.74. The molecule has 1 fully saturated rings. The van der Waals surface area contributed by atoms with Crippen LogP contribution < -0.4 is 10.1 Å². The van der Waals surface area contributed by atoms with Crippen LogP contribution >= 0.6 is 35.4 Å². The molecule has 1 N–H and O–H groups in total. The minimum atomic E-state index is -0.553. The van der Waals surface area contributed by atoms with Gasteiger partial charge < -0.3 is 4.74 Å². The van der Waals surface area contributed by atoms with Crippen molar-refractivity contribution in [2.45, 2.75) is 0 Å². The average Bonchev–Trinajstić information content (AvgIpc) is 2.62. The van der Waals surface area contributed by atoms with Crippen LogP contribution in [-0.4, -0.2) is 28.4 Å². The molecular weight excluding hydrogens is 419 g/mol. The molecule has 2 aromatic carbocycles. The maximum atomic E-state index is 12.6. The summed E-state index contributed by atoms with van der Waals surface area (Å²) in [6.07, 6.45) is 3.01. The number of nitrogens with one attached hydrogen (secondary N) is 1. The van der Waals surface area contributed by atoms with Gasteiger partial charge in [-0.2, -0.15) is 0 Å². The summed E-state index contributed by atoms with van der Waals surface area (Å²) < 4.78 is 5.77. The van der Waals surface area contributed by atoms with Crippen LogP contribution in [-0.2, 0) is 9.59 Å². The Morgan fingerprint density at radius 3 is 2.50 bits per heavy atom. The van der Waals surface area contributed by atoms with E-state index in [0.717, 1.165) is 0 Å². The van der Waals surface area contributed by atoms with Gasteiger partial charge in [-0.15, -0.1) is 6.58 Å². The van der Waals surface area contributed by atoms with Crippen molar-refractivity contribution in [2.24, 2.45) is 0 Å². The number of benzene rings is 2. The first-order valence-electron chi connectivity index (χ1n) is 8.11. The van der Waals surface area contributed by atoms with E-state index < -0.39 is 11.8 Å². The van der Waals surface area contributed by atoms with E-state index in [1.165, 1.54) is 17.1 Å². The second-order valence-electron chi connectivity index (χ2n) is 5.80. The SMILES string of the molecule is C=CCN1C(=O)/C(=C/c2cccc(Oc3cc(Cl)cc(Cl)c3)c2)C(=O)NC1=S. The van der Waals surface area contributed by atoms with Gasteiger partial charge in [0, 0.05) is 16.6 Å². The van der Waals surface area contributed by atoms with Crippen molar-refractivity contribution in [2.75, 3.05) is 6.54 Å². The molecule has 0 unspecified atom stereocenters. The number of nitrogens with zero attached hydrogens (tertiary/aromatic N) is 1. The number of hydrogen-bond acceptors (Lipinski definition) is 4. The topological polar surface area (TPSA) is 58.6 Å². The van der Waals surface area contributed by atoms with E-state index in [1.807, 2.05) is 0 Å². The third-order valence-corrected chi connectivity index (χ3v) is 4.50. The molecule has 3 rings (SSSR count). The number of thiocarbonyl (C=S) groups is 1. The summed E-state index contributed by atoms with van der Waals surface area (Å²) in [5, 5.41) is 3.46. The van der Waals surface area contributed by atoms with Gasteiger partial charge in [0.2, 0.25) is 0 Å². The Hall–Kier alpha value is -2.67. The van der Waals surface area contributed by atoms with E-state index in [4.69, 9.17) is 40.2 Å². The highest BCUT2D eigenvalue weighted by atomic mass is 35.5. The smallest absolute Gasteiger partial charge is 0.265 e. The van der Waals surface area contributed by atoms with Gasteiger partial charge in [0.1, 0.15) is 17.1 Å². The summed E-state index contributed by atoms with van der Waals surface area (Å²) in [7, 11) is 0. The normalized spacial score (nSPS) is 15.6. The van der Waals surface area contributed by atoms with Crippen LogP contribution in [0, 0.1) is 0 Å². The molecule has 5 nitrogen and oxygen atoms in total. The largest absolute Gasteiger partial charge is 0.457 e. The summed E-state index contributed by atoms with van der Waals surface area (Å²) in [6.45, 7) is 3.80. The number of rotatable bonds is 5. The number of ether oxygens (including phenoxy) is 1. The fourth-order valence-electron chi connectivity index (χ4n) is 2.55. The van der Waals surface area contributed by atoms with Crippen LogP contribution in [0.5, 0.6) is 11.5 Å². The van der Waals surface area contributed by atoms with Gasteiger partial charge in [-0.3, -0.25) is 19.8 Å². The second-order valence-corrected chi connectivity index (χ2v) is 7.06. The second kappa shape index (κ2) is 8.56. The zero-order valence-corrected chi connectivity index (χ0v) is 16.8. The summed E-state index contributed by atoms with van der Waals surface area (Å²) in [5.41, 5.74) is 0.578. The van der Waals surface area contributed by atoms with Crippen molar-refractivity contribution in [3.05, 3.63) is 76.3 Å². The Bertz CT molecular complexity index is 1000. The van der Waals surface area contributed by atoms with Gasteiger partial charge in [0.05, 0.1) is 0 Å². The zero-order chi connectivity index (χ0) is 20.3. The van der Waals surface area contributed by atoms with Crippen LogP contribution in [0.3, 0.4) is 0 Å². The van der Waals surface area contributed by atoms with Crippen molar-refractivity contribution < 1.29 is 14.3 Å².